The first-order valence-corrected chi connectivity index (χ1v) is 9.55. The summed E-state index contributed by atoms with van der Waals surface area (Å²) in [6.07, 6.45) is 1.66. The third-order valence-electron chi connectivity index (χ3n) is 5.40. The second kappa shape index (κ2) is 7.26. The third kappa shape index (κ3) is 2.90. The van der Waals surface area contributed by atoms with Gasteiger partial charge >= 0.3 is 0 Å². The molecule has 0 saturated heterocycles. The average molecular weight is 405 g/mol. The van der Waals surface area contributed by atoms with Crippen LogP contribution in [-0.4, -0.2) is 44.9 Å². The fraction of sp³-hybridized carbons (Fsp3) is 0.217. The number of H-pyrrole nitrogens is 1. The molecular formula is C23H23N3O4. The van der Waals surface area contributed by atoms with Gasteiger partial charge in [-0.1, -0.05) is 18.2 Å². The highest BCUT2D eigenvalue weighted by molar-refractivity contribution is 6.00. The SMILES string of the molecule is C=CCN1C(=O)c2[nH]nc(-c3c(C)cc(C)cc3O)c2C1c1ccc(O)c(OC)c1. The number of nitrogens with zero attached hydrogens (tertiary/aromatic N) is 2. The number of aromatic hydroxyl groups is 2. The minimum atomic E-state index is -0.478. The molecule has 0 bridgehead atoms. The lowest BCUT2D eigenvalue weighted by Gasteiger charge is -2.25. The van der Waals surface area contributed by atoms with Crippen molar-refractivity contribution in [2.75, 3.05) is 13.7 Å². The standard InChI is InChI=1S/C23H23N3O4/c1-5-8-26-22(14-6-7-15(27)17(11-14)30-4)19-20(24-25-21(19)23(26)29)18-13(3)9-12(2)10-16(18)28/h5-7,9-11,22,27-28H,1,8H2,2-4H3,(H,24,25). The zero-order chi connectivity index (χ0) is 21.6. The molecule has 7 nitrogen and oxygen atoms in total. The van der Waals surface area contributed by atoms with Gasteiger partial charge < -0.3 is 19.8 Å². The second-order valence-electron chi connectivity index (χ2n) is 7.42. The van der Waals surface area contributed by atoms with Crippen LogP contribution < -0.4 is 4.74 Å². The van der Waals surface area contributed by atoms with Crippen LogP contribution in [-0.2, 0) is 0 Å². The molecule has 1 amide bonds. The second-order valence-corrected chi connectivity index (χ2v) is 7.42. The number of phenols is 2. The number of carbonyl (C=O) groups excluding carboxylic acids is 1. The van der Waals surface area contributed by atoms with E-state index in [9.17, 15) is 15.0 Å². The van der Waals surface area contributed by atoms with E-state index in [0.717, 1.165) is 16.7 Å². The Morgan fingerprint density at radius 3 is 2.67 bits per heavy atom. The van der Waals surface area contributed by atoms with Gasteiger partial charge in [0.05, 0.1) is 13.2 Å². The maximum atomic E-state index is 13.1. The minimum absolute atomic E-state index is 0.0144. The molecule has 0 saturated carbocycles. The number of aryl methyl sites for hydroxylation is 2. The predicted octanol–water partition coefficient (Wildman–Crippen LogP) is 3.84. The van der Waals surface area contributed by atoms with Crippen molar-refractivity contribution in [1.29, 1.82) is 0 Å². The maximum absolute atomic E-state index is 13.1. The van der Waals surface area contributed by atoms with Crippen molar-refractivity contribution in [2.45, 2.75) is 19.9 Å². The van der Waals surface area contributed by atoms with E-state index in [2.05, 4.69) is 16.8 Å². The molecule has 0 fully saturated rings. The van der Waals surface area contributed by atoms with Crippen molar-refractivity contribution in [3.63, 3.8) is 0 Å². The number of benzene rings is 2. The summed E-state index contributed by atoms with van der Waals surface area (Å²) in [7, 11) is 1.47. The number of aromatic amines is 1. The number of nitrogens with one attached hydrogen (secondary N) is 1. The Hall–Kier alpha value is -3.74. The summed E-state index contributed by atoms with van der Waals surface area (Å²) in [6.45, 7) is 7.91. The molecule has 1 aliphatic rings. The molecule has 0 radical (unpaired) electrons. The summed E-state index contributed by atoms with van der Waals surface area (Å²) in [6, 6.07) is 8.16. The Balaban J connectivity index is 1.96. The number of phenolic OH excluding ortho intramolecular Hbond substituents is 2. The predicted molar refractivity (Wildman–Crippen MR) is 113 cm³/mol. The first-order chi connectivity index (χ1) is 14.4. The first-order valence-electron chi connectivity index (χ1n) is 9.55. The fourth-order valence-electron chi connectivity index (χ4n) is 4.18. The molecule has 1 aliphatic heterocycles. The van der Waals surface area contributed by atoms with E-state index in [1.54, 1.807) is 29.2 Å². The summed E-state index contributed by atoms with van der Waals surface area (Å²) in [4.78, 5) is 14.8. The van der Waals surface area contributed by atoms with E-state index in [0.29, 0.717) is 34.8 Å². The maximum Gasteiger partial charge on any atom is 0.273 e. The lowest BCUT2D eigenvalue weighted by molar-refractivity contribution is 0.0764. The quantitative estimate of drug-likeness (QED) is 0.560. The molecule has 0 spiro atoms. The molecule has 30 heavy (non-hydrogen) atoms. The third-order valence-corrected chi connectivity index (χ3v) is 5.40. The fourth-order valence-corrected chi connectivity index (χ4v) is 4.18. The first kappa shape index (κ1) is 19.6. The van der Waals surface area contributed by atoms with Gasteiger partial charge in [0.15, 0.2) is 11.5 Å². The molecule has 154 valence electrons. The van der Waals surface area contributed by atoms with Crippen LogP contribution in [0.15, 0.2) is 43.0 Å². The molecule has 0 aliphatic carbocycles. The molecule has 3 aromatic rings. The smallest absolute Gasteiger partial charge is 0.273 e. The van der Waals surface area contributed by atoms with Gasteiger partial charge in [0.2, 0.25) is 0 Å². The normalized spacial score (nSPS) is 15.4. The van der Waals surface area contributed by atoms with E-state index in [-0.39, 0.29) is 17.4 Å². The summed E-state index contributed by atoms with van der Waals surface area (Å²) < 4.78 is 5.27. The molecule has 1 unspecified atom stereocenters. The molecule has 2 aromatic carbocycles. The number of methoxy groups -OCH3 is 1. The van der Waals surface area contributed by atoms with Gasteiger partial charge in [-0.05, 0) is 48.7 Å². The number of aromatic nitrogens is 2. The summed E-state index contributed by atoms with van der Waals surface area (Å²) in [5.74, 6) is 0.232. The molecule has 3 N–H and O–H groups in total. The molecule has 1 atom stereocenters. The zero-order valence-electron chi connectivity index (χ0n) is 17.1. The van der Waals surface area contributed by atoms with Crippen molar-refractivity contribution < 1.29 is 19.7 Å². The Bertz CT molecular complexity index is 1140. The average Bonchev–Trinajstić information content (AvgIpc) is 3.22. The van der Waals surface area contributed by atoms with Gasteiger partial charge in [0, 0.05) is 17.7 Å². The van der Waals surface area contributed by atoms with Gasteiger partial charge in [-0.2, -0.15) is 5.10 Å². The number of hydrogen-bond donors (Lipinski definition) is 3. The van der Waals surface area contributed by atoms with Crippen LogP contribution in [0.25, 0.3) is 11.3 Å². The molecule has 2 heterocycles. The van der Waals surface area contributed by atoms with Gasteiger partial charge in [-0.3, -0.25) is 9.89 Å². The number of ether oxygens (including phenoxy) is 1. The zero-order valence-corrected chi connectivity index (χ0v) is 17.1. The number of amides is 1. The molecule has 7 heteroatoms. The van der Waals surface area contributed by atoms with Crippen molar-refractivity contribution in [1.82, 2.24) is 15.1 Å². The number of rotatable bonds is 5. The Morgan fingerprint density at radius 2 is 2.00 bits per heavy atom. The van der Waals surface area contributed by atoms with E-state index in [4.69, 9.17) is 4.74 Å². The highest BCUT2D eigenvalue weighted by atomic mass is 16.5. The number of fused-ring (bicyclic) bond motifs is 1. The van der Waals surface area contributed by atoms with Crippen LogP contribution >= 0.6 is 0 Å². The number of carbonyl (C=O) groups is 1. The Morgan fingerprint density at radius 1 is 1.23 bits per heavy atom. The lowest BCUT2D eigenvalue weighted by Crippen LogP contribution is -2.29. The van der Waals surface area contributed by atoms with E-state index < -0.39 is 6.04 Å². The largest absolute Gasteiger partial charge is 0.507 e. The molecule has 4 rings (SSSR count). The minimum Gasteiger partial charge on any atom is -0.507 e. The highest BCUT2D eigenvalue weighted by Gasteiger charge is 2.42. The van der Waals surface area contributed by atoms with Crippen molar-refractivity contribution in [3.8, 4) is 28.5 Å². The summed E-state index contributed by atoms with van der Waals surface area (Å²) >= 11 is 0. The van der Waals surface area contributed by atoms with E-state index >= 15 is 0 Å². The number of hydrogen-bond acceptors (Lipinski definition) is 5. The summed E-state index contributed by atoms with van der Waals surface area (Å²) in [5, 5.41) is 27.9. The summed E-state index contributed by atoms with van der Waals surface area (Å²) in [5.41, 5.74) is 4.72. The van der Waals surface area contributed by atoms with Gasteiger partial charge in [-0.15, -0.1) is 6.58 Å². The van der Waals surface area contributed by atoms with Crippen LogP contribution in [0.5, 0.6) is 17.2 Å². The van der Waals surface area contributed by atoms with Crippen molar-refractivity contribution in [3.05, 3.63) is 70.9 Å². The van der Waals surface area contributed by atoms with Crippen molar-refractivity contribution >= 4 is 5.91 Å². The van der Waals surface area contributed by atoms with Gasteiger partial charge in [-0.25, -0.2) is 0 Å². The van der Waals surface area contributed by atoms with Gasteiger partial charge in [0.25, 0.3) is 5.91 Å². The lowest BCUT2D eigenvalue weighted by atomic mass is 9.93. The molecule has 1 aromatic heterocycles. The van der Waals surface area contributed by atoms with Crippen LogP contribution in [0.1, 0.15) is 38.8 Å². The van der Waals surface area contributed by atoms with Crippen LogP contribution in [0.3, 0.4) is 0 Å². The van der Waals surface area contributed by atoms with Crippen LogP contribution in [0, 0.1) is 13.8 Å². The van der Waals surface area contributed by atoms with Crippen LogP contribution in [0.4, 0.5) is 0 Å². The highest BCUT2D eigenvalue weighted by Crippen LogP contribution is 2.46. The van der Waals surface area contributed by atoms with Crippen molar-refractivity contribution in [2.24, 2.45) is 0 Å². The van der Waals surface area contributed by atoms with E-state index in [1.807, 2.05) is 19.9 Å². The van der Waals surface area contributed by atoms with Crippen LogP contribution in [0.2, 0.25) is 0 Å². The Labute approximate surface area is 174 Å². The Kier molecular flexibility index (Phi) is 4.73. The van der Waals surface area contributed by atoms with E-state index in [1.165, 1.54) is 13.2 Å². The topological polar surface area (TPSA) is 98.7 Å². The molecular weight excluding hydrogens is 382 g/mol. The monoisotopic (exact) mass is 405 g/mol. The van der Waals surface area contributed by atoms with Gasteiger partial charge in [0.1, 0.15) is 17.1 Å².